The summed E-state index contributed by atoms with van der Waals surface area (Å²) in [5.41, 5.74) is 7.99. The zero-order valence-corrected chi connectivity index (χ0v) is 13.0. The van der Waals surface area contributed by atoms with Crippen molar-refractivity contribution >= 4 is 6.08 Å². The number of allylic oxidation sites excluding steroid dienone is 3. The van der Waals surface area contributed by atoms with Crippen LogP contribution in [0.3, 0.4) is 0 Å². The average molecular weight is 290 g/mol. The van der Waals surface area contributed by atoms with Gasteiger partial charge in [-0.3, -0.25) is 0 Å². The van der Waals surface area contributed by atoms with Gasteiger partial charge in [-0.1, -0.05) is 53.6 Å². The van der Waals surface area contributed by atoms with Gasteiger partial charge in [-0.05, 0) is 61.1 Å². The monoisotopic (exact) mass is 290 g/mol. The fourth-order valence-corrected chi connectivity index (χ4v) is 3.98. The molecular weight excluding hydrogens is 271 g/mol. The quantitative estimate of drug-likeness (QED) is 0.663. The van der Waals surface area contributed by atoms with Crippen LogP contribution in [0.4, 0.5) is 4.39 Å². The molecule has 22 heavy (non-hydrogen) atoms. The fraction of sp³-hybridized carbons (Fsp3) is 0.238. The normalized spacial score (nSPS) is 22.7. The molecule has 2 aromatic rings. The summed E-state index contributed by atoms with van der Waals surface area (Å²) in [6.07, 6.45) is 6.67. The van der Waals surface area contributed by atoms with Gasteiger partial charge >= 0.3 is 0 Å². The lowest BCUT2D eigenvalue weighted by Crippen LogP contribution is -2.31. The second kappa shape index (κ2) is 4.67. The molecule has 1 atom stereocenters. The Hall–Kier alpha value is -2.15. The molecule has 0 amide bonds. The van der Waals surface area contributed by atoms with Gasteiger partial charge in [-0.2, -0.15) is 0 Å². The van der Waals surface area contributed by atoms with Gasteiger partial charge in [0.25, 0.3) is 0 Å². The summed E-state index contributed by atoms with van der Waals surface area (Å²) in [4.78, 5) is 0. The Morgan fingerprint density at radius 1 is 1.00 bits per heavy atom. The van der Waals surface area contributed by atoms with Crippen LogP contribution in [-0.2, 0) is 11.8 Å². The number of fused-ring (bicyclic) bond motifs is 2. The first-order chi connectivity index (χ1) is 10.6. The summed E-state index contributed by atoms with van der Waals surface area (Å²) in [6, 6.07) is 13.8. The SMILES string of the molecule is CC1=CCC2(c3ccc(F)cc3)Cc3ccc(C)cc3C=C12. The minimum absolute atomic E-state index is 0.0138. The van der Waals surface area contributed by atoms with E-state index in [2.05, 4.69) is 44.2 Å². The van der Waals surface area contributed by atoms with Crippen LogP contribution < -0.4 is 0 Å². The highest BCUT2D eigenvalue weighted by Gasteiger charge is 2.42. The van der Waals surface area contributed by atoms with Crippen molar-refractivity contribution < 1.29 is 4.39 Å². The van der Waals surface area contributed by atoms with E-state index >= 15 is 0 Å². The predicted molar refractivity (Wildman–Crippen MR) is 89.3 cm³/mol. The molecule has 0 saturated heterocycles. The van der Waals surface area contributed by atoms with Crippen molar-refractivity contribution in [1.29, 1.82) is 0 Å². The smallest absolute Gasteiger partial charge is 0.123 e. The maximum absolute atomic E-state index is 13.3. The van der Waals surface area contributed by atoms with E-state index in [1.54, 1.807) is 12.1 Å². The van der Waals surface area contributed by atoms with Gasteiger partial charge in [0, 0.05) is 5.41 Å². The molecule has 110 valence electrons. The summed E-state index contributed by atoms with van der Waals surface area (Å²) in [7, 11) is 0. The second-order valence-electron chi connectivity index (χ2n) is 6.62. The number of hydrogen-bond donors (Lipinski definition) is 0. The fourth-order valence-electron chi connectivity index (χ4n) is 3.98. The largest absolute Gasteiger partial charge is 0.207 e. The molecule has 0 aliphatic heterocycles. The van der Waals surface area contributed by atoms with Crippen LogP contribution in [0.1, 0.15) is 35.6 Å². The van der Waals surface area contributed by atoms with Crippen LogP contribution >= 0.6 is 0 Å². The highest BCUT2D eigenvalue weighted by molar-refractivity contribution is 5.72. The van der Waals surface area contributed by atoms with Crippen LogP contribution in [0.2, 0.25) is 0 Å². The molecule has 0 nitrogen and oxygen atoms in total. The van der Waals surface area contributed by atoms with Crippen LogP contribution in [0, 0.1) is 12.7 Å². The lowest BCUT2D eigenvalue weighted by molar-refractivity contribution is 0.526. The summed E-state index contributed by atoms with van der Waals surface area (Å²) < 4.78 is 13.3. The van der Waals surface area contributed by atoms with Crippen molar-refractivity contribution in [3.63, 3.8) is 0 Å². The zero-order valence-electron chi connectivity index (χ0n) is 13.0. The molecule has 1 heteroatoms. The Labute approximate surface area is 131 Å². The van der Waals surface area contributed by atoms with E-state index in [0.717, 1.165) is 12.8 Å². The minimum Gasteiger partial charge on any atom is -0.207 e. The van der Waals surface area contributed by atoms with Crippen LogP contribution in [-0.4, -0.2) is 0 Å². The molecule has 4 rings (SSSR count). The van der Waals surface area contributed by atoms with Gasteiger partial charge < -0.3 is 0 Å². The van der Waals surface area contributed by atoms with E-state index in [4.69, 9.17) is 0 Å². The molecule has 0 radical (unpaired) electrons. The molecule has 0 heterocycles. The summed E-state index contributed by atoms with van der Waals surface area (Å²) >= 11 is 0. The summed E-state index contributed by atoms with van der Waals surface area (Å²) in [6.45, 7) is 4.33. The van der Waals surface area contributed by atoms with E-state index in [1.807, 2.05) is 12.1 Å². The third-order valence-corrected chi connectivity index (χ3v) is 5.19. The third kappa shape index (κ3) is 1.89. The first kappa shape index (κ1) is 13.5. The maximum atomic E-state index is 13.3. The number of hydrogen-bond acceptors (Lipinski definition) is 0. The van der Waals surface area contributed by atoms with Crippen molar-refractivity contribution in [3.05, 3.63) is 87.8 Å². The van der Waals surface area contributed by atoms with Crippen LogP contribution in [0.5, 0.6) is 0 Å². The van der Waals surface area contributed by atoms with E-state index in [9.17, 15) is 4.39 Å². The van der Waals surface area contributed by atoms with Gasteiger partial charge in [0.15, 0.2) is 0 Å². The minimum atomic E-state index is -0.166. The molecule has 0 fully saturated rings. The Morgan fingerprint density at radius 2 is 1.77 bits per heavy atom. The van der Waals surface area contributed by atoms with Gasteiger partial charge in [-0.15, -0.1) is 0 Å². The molecule has 0 aromatic heterocycles. The van der Waals surface area contributed by atoms with Crippen molar-refractivity contribution in [2.75, 3.05) is 0 Å². The van der Waals surface area contributed by atoms with Gasteiger partial charge in [0.1, 0.15) is 5.82 Å². The first-order valence-corrected chi connectivity index (χ1v) is 7.83. The maximum Gasteiger partial charge on any atom is 0.123 e. The lowest BCUT2D eigenvalue weighted by Gasteiger charge is -2.37. The number of aryl methyl sites for hydroxylation is 1. The highest BCUT2D eigenvalue weighted by Crippen LogP contribution is 2.51. The first-order valence-electron chi connectivity index (χ1n) is 7.83. The van der Waals surface area contributed by atoms with Crippen molar-refractivity contribution in [2.24, 2.45) is 0 Å². The Morgan fingerprint density at radius 3 is 2.55 bits per heavy atom. The van der Waals surface area contributed by atoms with E-state index in [0.29, 0.717) is 0 Å². The molecular formula is C21H19F. The Kier molecular flexibility index (Phi) is 2.87. The zero-order chi connectivity index (χ0) is 15.3. The van der Waals surface area contributed by atoms with Gasteiger partial charge in [0.05, 0.1) is 0 Å². The number of rotatable bonds is 1. The molecule has 1 unspecified atom stereocenters. The van der Waals surface area contributed by atoms with Gasteiger partial charge in [-0.25, -0.2) is 4.39 Å². The number of halogens is 1. The van der Waals surface area contributed by atoms with Crippen molar-refractivity contribution in [1.82, 2.24) is 0 Å². The lowest BCUT2D eigenvalue weighted by atomic mass is 9.66. The van der Waals surface area contributed by atoms with E-state index in [-0.39, 0.29) is 11.2 Å². The van der Waals surface area contributed by atoms with Crippen LogP contribution in [0.25, 0.3) is 6.08 Å². The molecule has 0 N–H and O–H groups in total. The molecule has 0 spiro atoms. The molecule has 2 aliphatic carbocycles. The summed E-state index contributed by atoms with van der Waals surface area (Å²) in [5.74, 6) is -0.166. The average Bonchev–Trinajstić information content (AvgIpc) is 2.84. The molecule has 0 bridgehead atoms. The molecule has 2 aliphatic rings. The van der Waals surface area contributed by atoms with Crippen LogP contribution in [0.15, 0.2) is 59.7 Å². The number of benzene rings is 2. The summed E-state index contributed by atoms with van der Waals surface area (Å²) in [5, 5.41) is 0. The standard InChI is InChI=1S/C21H19F/c1-14-3-4-16-13-21(18-5-7-19(22)8-6-18)10-9-15(2)20(21)12-17(16)11-14/h3-9,11-12H,10,13H2,1-2H3. The van der Waals surface area contributed by atoms with Gasteiger partial charge in [0.2, 0.25) is 0 Å². The predicted octanol–water partition coefficient (Wildman–Crippen LogP) is 5.36. The van der Waals surface area contributed by atoms with Crippen molar-refractivity contribution in [3.8, 4) is 0 Å². The van der Waals surface area contributed by atoms with E-state index in [1.165, 1.54) is 33.4 Å². The third-order valence-electron chi connectivity index (χ3n) is 5.19. The van der Waals surface area contributed by atoms with Crippen molar-refractivity contribution in [2.45, 2.75) is 32.1 Å². The Bertz CT molecular complexity index is 808. The Balaban J connectivity index is 1.90. The topological polar surface area (TPSA) is 0 Å². The van der Waals surface area contributed by atoms with E-state index < -0.39 is 0 Å². The molecule has 0 saturated carbocycles. The highest BCUT2D eigenvalue weighted by atomic mass is 19.1. The second-order valence-corrected chi connectivity index (χ2v) is 6.62. The molecule has 2 aromatic carbocycles.